The summed E-state index contributed by atoms with van der Waals surface area (Å²) >= 11 is 0. The summed E-state index contributed by atoms with van der Waals surface area (Å²) in [6.45, 7) is 16.1. The molecule has 10 atom stereocenters. The summed E-state index contributed by atoms with van der Waals surface area (Å²) in [5.74, 6) is 0.223. The van der Waals surface area contributed by atoms with Gasteiger partial charge in [0.25, 0.3) is 0 Å². The van der Waals surface area contributed by atoms with E-state index in [2.05, 4.69) is 47.6 Å². The van der Waals surface area contributed by atoms with Gasteiger partial charge in [0.15, 0.2) is 0 Å². The van der Waals surface area contributed by atoms with Gasteiger partial charge in [-0.25, -0.2) is 0 Å². The van der Waals surface area contributed by atoms with E-state index in [0.717, 1.165) is 38.5 Å². The number of carboxylic acid groups (broad SMARTS) is 1. The zero-order valence-electron chi connectivity index (χ0n) is 22.6. The quantitative estimate of drug-likeness (QED) is 0.397. The van der Waals surface area contributed by atoms with E-state index in [4.69, 9.17) is 0 Å². The van der Waals surface area contributed by atoms with Crippen molar-refractivity contribution in [2.75, 3.05) is 0 Å². The maximum Gasteiger partial charge on any atom is 0.310 e. The predicted molar refractivity (Wildman–Crippen MR) is 134 cm³/mol. The third-order valence-electron chi connectivity index (χ3n) is 13.5. The van der Waals surface area contributed by atoms with E-state index in [9.17, 15) is 20.1 Å². The van der Waals surface area contributed by atoms with Gasteiger partial charge in [-0.1, -0.05) is 53.2 Å². The van der Waals surface area contributed by atoms with E-state index in [1.165, 1.54) is 5.57 Å². The molecule has 0 bridgehead atoms. The molecule has 34 heavy (non-hydrogen) atoms. The van der Waals surface area contributed by atoms with Crippen LogP contribution in [0.2, 0.25) is 0 Å². The smallest absolute Gasteiger partial charge is 0.310 e. The Morgan fingerprint density at radius 3 is 2.21 bits per heavy atom. The molecule has 4 nitrogen and oxygen atoms in total. The van der Waals surface area contributed by atoms with Gasteiger partial charge in [0.05, 0.1) is 17.1 Å². The molecule has 4 heteroatoms. The highest BCUT2D eigenvalue weighted by molar-refractivity contribution is 5.77. The number of fused-ring (bicyclic) bond motifs is 7. The predicted octanol–water partition coefficient (Wildman–Crippen LogP) is 6.20. The minimum atomic E-state index is -0.826. The lowest BCUT2D eigenvalue weighted by Crippen LogP contribution is -2.66. The zero-order chi connectivity index (χ0) is 25.1. The molecule has 0 amide bonds. The number of allylic oxidation sites excluding steroid dienone is 2. The summed E-state index contributed by atoms with van der Waals surface area (Å²) < 4.78 is 0. The Balaban J connectivity index is 1.62. The fraction of sp³-hybridized carbons (Fsp3) is 0.900. The van der Waals surface area contributed by atoms with Gasteiger partial charge >= 0.3 is 5.97 Å². The van der Waals surface area contributed by atoms with Crippen molar-refractivity contribution in [2.45, 2.75) is 118 Å². The first-order valence-corrected chi connectivity index (χ1v) is 13.9. The van der Waals surface area contributed by atoms with Crippen LogP contribution in [0.3, 0.4) is 0 Å². The average Bonchev–Trinajstić information content (AvgIpc) is 2.74. The molecule has 0 spiro atoms. The number of carbonyl (C=O) groups is 1. The van der Waals surface area contributed by atoms with Gasteiger partial charge in [-0.05, 0) is 104 Å². The molecule has 4 saturated carbocycles. The highest BCUT2D eigenvalue weighted by Gasteiger charge is 2.70. The first-order valence-electron chi connectivity index (χ1n) is 13.9. The molecule has 3 N–H and O–H groups in total. The molecule has 2 unspecified atom stereocenters. The van der Waals surface area contributed by atoms with Crippen LogP contribution in [0.1, 0.15) is 106 Å². The molecule has 0 radical (unpaired) electrons. The van der Waals surface area contributed by atoms with E-state index >= 15 is 0 Å². The molecule has 0 saturated heterocycles. The Morgan fingerprint density at radius 1 is 0.912 bits per heavy atom. The van der Waals surface area contributed by atoms with Crippen LogP contribution < -0.4 is 0 Å². The monoisotopic (exact) mass is 472 g/mol. The Hall–Kier alpha value is -0.870. The summed E-state index contributed by atoms with van der Waals surface area (Å²) in [4.78, 5) is 12.8. The molecule has 0 aromatic rings. The number of aliphatic carboxylic acids is 1. The van der Waals surface area contributed by atoms with Gasteiger partial charge in [-0.2, -0.15) is 0 Å². The minimum absolute atomic E-state index is 0.0462. The van der Waals surface area contributed by atoms with Crippen molar-refractivity contribution in [3.8, 4) is 0 Å². The number of aliphatic hydroxyl groups excluding tert-OH is 1. The maximum absolute atomic E-state index is 12.8. The normalized spacial score (nSPS) is 56.3. The number of hydrogen-bond donors (Lipinski definition) is 3. The number of hydrogen-bond acceptors (Lipinski definition) is 3. The molecule has 5 aliphatic carbocycles. The summed E-state index contributed by atoms with van der Waals surface area (Å²) in [5, 5.41) is 32.7. The molecule has 0 aromatic heterocycles. The Bertz CT molecular complexity index is 919. The van der Waals surface area contributed by atoms with Gasteiger partial charge in [-0.3, -0.25) is 4.79 Å². The molecular formula is C30H48O4. The van der Waals surface area contributed by atoms with Crippen molar-refractivity contribution in [1.82, 2.24) is 0 Å². The Kier molecular flexibility index (Phi) is 5.20. The molecule has 5 rings (SSSR count). The largest absolute Gasteiger partial charge is 0.481 e. The van der Waals surface area contributed by atoms with E-state index < -0.39 is 17.0 Å². The van der Waals surface area contributed by atoms with Gasteiger partial charge in [0, 0.05) is 5.92 Å². The highest BCUT2D eigenvalue weighted by atomic mass is 16.4. The zero-order valence-corrected chi connectivity index (χ0v) is 22.6. The second-order valence-electron chi connectivity index (χ2n) is 14.8. The molecule has 0 aromatic carbocycles. The van der Waals surface area contributed by atoms with Gasteiger partial charge < -0.3 is 15.3 Å². The van der Waals surface area contributed by atoms with E-state index in [1.54, 1.807) is 0 Å². The number of aliphatic hydroxyl groups is 2. The van der Waals surface area contributed by atoms with Crippen molar-refractivity contribution in [2.24, 2.45) is 50.7 Å². The van der Waals surface area contributed by atoms with Crippen molar-refractivity contribution in [1.29, 1.82) is 0 Å². The summed E-state index contributed by atoms with van der Waals surface area (Å²) in [6.07, 6.45) is 10.2. The van der Waals surface area contributed by atoms with Crippen LogP contribution in [-0.2, 0) is 4.79 Å². The van der Waals surface area contributed by atoms with Crippen LogP contribution in [0.5, 0.6) is 0 Å². The first kappa shape index (κ1) is 24.8. The van der Waals surface area contributed by atoms with E-state index in [-0.39, 0.29) is 39.6 Å². The highest BCUT2D eigenvalue weighted by Crippen LogP contribution is 2.75. The second-order valence-corrected chi connectivity index (χ2v) is 14.8. The van der Waals surface area contributed by atoms with Crippen molar-refractivity contribution in [3.05, 3.63) is 11.6 Å². The fourth-order valence-corrected chi connectivity index (χ4v) is 10.8. The standard InChI is InChI=1S/C30H48O4/c1-18-23-19-8-9-21-26(4)12-11-22(31)25(2,3)20(26)10-13-28(21,6)27(19,5)14-16-30(23,24(32)33)17-15-29(18,7)34/h8,18,20-23,31,34H,9-17H2,1-7H3,(H,32,33)/t18-,20?,21?,22+,23+,26+,27-,28-,29+,30-/m1/s1. The van der Waals surface area contributed by atoms with Gasteiger partial charge in [-0.15, -0.1) is 0 Å². The van der Waals surface area contributed by atoms with Crippen LogP contribution in [0, 0.1) is 50.7 Å². The average molecular weight is 473 g/mol. The van der Waals surface area contributed by atoms with Crippen molar-refractivity contribution in [3.63, 3.8) is 0 Å². The third kappa shape index (κ3) is 2.76. The molecule has 5 aliphatic rings. The Labute approximate surface area is 206 Å². The molecule has 4 fully saturated rings. The molecule has 0 heterocycles. The van der Waals surface area contributed by atoms with E-state index in [0.29, 0.717) is 31.1 Å². The maximum atomic E-state index is 12.8. The summed E-state index contributed by atoms with van der Waals surface area (Å²) in [5.41, 5.74) is -0.0392. The van der Waals surface area contributed by atoms with Crippen LogP contribution >= 0.6 is 0 Å². The van der Waals surface area contributed by atoms with Crippen molar-refractivity contribution < 1.29 is 20.1 Å². The minimum Gasteiger partial charge on any atom is -0.481 e. The molecule has 0 aliphatic heterocycles. The molecular weight excluding hydrogens is 424 g/mol. The molecule has 192 valence electrons. The topological polar surface area (TPSA) is 77.8 Å². The van der Waals surface area contributed by atoms with Crippen LogP contribution in [0.25, 0.3) is 0 Å². The van der Waals surface area contributed by atoms with Gasteiger partial charge in [0.1, 0.15) is 0 Å². The summed E-state index contributed by atoms with van der Waals surface area (Å²) in [6, 6.07) is 0. The van der Waals surface area contributed by atoms with Gasteiger partial charge in [0.2, 0.25) is 0 Å². The number of carboxylic acids is 1. The lowest BCUT2D eigenvalue weighted by molar-refractivity contribution is -0.211. The Morgan fingerprint density at radius 2 is 1.56 bits per heavy atom. The van der Waals surface area contributed by atoms with E-state index in [1.807, 2.05) is 6.92 Å². The number of rotatable bonds is 1. The lowest BCUT2D eigenvalue weighted by Gasteiger charge is -2.71. The van der Waals surface area contributed by atoms with Crippen molar-refractivity contribution >= 4 is 5.97 Å². The first-order chi connectivity index (χ1) is 15.6. The van der Waals surface area contributed by atoms with Crippen LogP contribution in [0.4, 0.5) is 0 Å². The van der Waals surface area contributed by atoms with Crippen LogP contribution in [-0.4, -0.2) is 33.0 Å². The lowest BCUT2D eigenvalue weighted by atomic mass is 9.33. The SMILES string of the molecule is C[C@@H]1[C@H]2C3=CCC4[C@@]5(C)CC[C@H](O)C(C)(C)C5CC[C@@]4(C)[C@]3(C)CC[C@@]2(C(=O)O)CC[C@]1(C)O. The fourth-order valence-electron chi connectivity index (χ4n) is 10.8. The third-order valence-corrected chi connectivity index (χ3v) is 13.5. The second kappa shape index (κ2) is 7.12. The van der Waals surface area contributed by atoms with Crippen LogP contribution in [0.15, 0.2) is 11.6 Å². The summed E-state index contributed by atoms with van der Waals surface area (Å²) in [7, 11) is 0.